The SMILES string of the molecule is CCN(CCCN(C)C)CC1(CO)CCCC(C)C1. The summed E-state index contributed by atoms with van der Waals surface area (Å²) in [7, 11) is 4.27. The second kappa shape index (κ2) is 8.23. The summed E-state index contributed by atoms with van der Waals surface area (Å²) >= 11 is 0. The molecule has 114 valence electrons. The van der Waals surface area contributed by atoms with Crippen molar-refractivity contribution in [2.24, 2.45) is 11.3 Å². The molecule has 2 atom stereocenters. The van der Waals surface area contributed by atoms with Gasteiger partial charge in [-0.3, -0.25) is 0 Å². The molecule has 0 aromatic heterocycles. The van der Waals surface area contributed by atoms with Crippen molar-refractivity contribution in [2.45, 2.75) is 46.0 Å². The molecular weight excluding hydrogens is 236 g/mol. The van der Waals surface area contributed by atoms with Crippen molar-refractivity contribution in [1.82, 2.24) is 9.80 Å². The Labute approximate surface area is 120 Å². The standard InChI is InChI=1S/C16H34N2O/c1-5-18(11-7-10-17(3)4)13-16(14-19)9-6-8-15(2)12-16/h15,19H,5-14H2,1-4H3. The van der Waals surface area contributed by atoms with Crippen molar-refractivity contribution in [3.05, 3.63) is 0 Å². The molecule has 0 heterocycles. The molecule has 2 unspecified atom stereocenters. The van der Waals surface area contributed by atoms with Crippen LogP contribution >= 0.6 is 0 Å². The van der Waals surface area contributed by atoms with Crippen LogP contribution in [-0.2, 0) is 0 Å². The van der Waals surface area contributed by atoms with Crippen molar-refractivity contribution in [2.75, 3.05) is 46.9 Å². The highest BCUT2D eigenvalue weighted by Gasteiger charge is 2.35. The fourth-order valence-electron chi connectivity index (χ4n) is 3.54. The molecule has 1 fully saturated rings. The highest BCUT2D eigenvalue weighted by Crippen LogP contribution is 2.39. The normalized spacial score (nSPS) is 28.3. The molecule has 3 nitrogen and oxygen atoms in total. The van der Waals surface area contributed by atoms with Gasteiger partial charge in [-0.05, 0) is 58.9 Å². The van der Waals surface area contributed by atoms with Crippen LogP contribution < -0.4 is 0 Å². The number of nitrogens with zero attached hydrogens (tertiary/aromatic N) is 2. The molecule has 19 heavy (non-hydrogen) atoms. The zero-order valence-electron chi connectivity index (χ0n) is 13.5. The maximum absolute atomic E-state index is 9.88. The van der Waals surface area contributed by atoms with E-state index in [9.17, 15) is 5.11 Å². The Morgan fingerprint density at radius 1 is 1.26 bits per heavy atom. The summed E-state index contributed by atoms with van der Waals surface area (Å²) in [6.07, 6.45) is 6.26. The van der Waals surface area contributed by atoms with E-state index in [0.29, 0.717) is 6.61 Å². The molecule has 0 saturated heterocycles. The van der Waals surface area contributed by atoms with Crippen molar-refractivity contribution in [3.8, 4) is 0 Å². The Morgan fingerprint density at radius 2 is 2.00 bits per heavy atom. The molecule has 0 bridgehead atoms. The molecule has 1 rings (SSSR count). The summed E-state index contributed by atoms with van der Waals surface area (Å²) in [5.74, 6) is 0.779. The topological polar surface area (TPSA) is 26.7 Å². The molecule has 1 aliphatic rings. The lowest BCUT2D eigenvalue weighted by atomic mass is 9.70. The van der Waals surface area contributed by atoms with Gasteiger partial charge in [0, 0.05) is 18.6 Å². The van der Waals surface area contributed by atoms with E-state index in [1.54, 1.807) is 0 Å². The largest absolute Gasteiger partial charge is 0.396 e. The second-order valence-electron chi connectivity index (χ2n) is 6.89. The fourth-order valence-corrected chi connectivity index (χ4v) is 3.54. The first-order valence-electron chi connectivity index (χ1n) is 7.99. The summed E-state index contributed by atoms with van der Waals surface area (Å²) in [6, 6.07) is 0. The van der Waals surface area contributed by atoms with Crippen LogP contribution in [0.25, 0.3) is 0 Å². The maximum atomic E-state index is 9.88. The fraction of sp³-hybridized carbons (Fsp3) is 1.00. The van der Waals surface area contributed by atoms with Crippen molar-refractivity contribution in [1.29, 1.82) is 0 Å². The molecule has 0 radical (unpaired) electrons. The Morgan fingerprint density at radius 3 is 2.53 bits per heavy atom. The van der Waals surface area contributed by atoms with E-state index >= 15 is 0 Å². The number of aliphatic hydroxyl groups is 1. The van der Waals surface area contributed by atoms with Crippen LogP contribution in [0.15, 0.2) is 0 Å². The first-order chi connectivity index (χ1) is 9.01. The molecule has 0 aliphatic heterocycles. The van der Waals surface area contributed by atoms with Gasteiger partial charge in [-0.2, -0.15) is 0 Å². The van der Waals surface area contributed by atoms with Gasteiger partial charge in [0.05, 0.1) is 0 Å². The van der Waals surface area contributed by atoms with Crippen molar-refractivity contribution < 1.29 is 5.11 Å². The highest BCUT2D eigenvalue weighted by molar-refractivity contribution is 4.87. The van der Waals surface area contributed by atoms with Gasteiger partial charge in [-0.25, -0.2) is 0 Å². The molecule has 0 spiro atoms. The number of hydrogen-bond acceptors (Lipinski definition) is 3. The van der Waals surface area contributed by atoms with Gasteiger partial charge in [0.2, 0.25) is 0 Å². The molecule has 0 aromatic carbocycles. The Kier molecular flexibility index (Phi) is 7.33. The molecule has 1 aliphatic carbocycles. The zero-order chi connectivity index (χ0) is 14.3. The quantitative estimate of drug-likeness (QED) is 0.734. The summed E-state index contributed by atoms with van der Waals surface area (Å²) < 4.78 is 0. The van der Waals surface area contributed by atoms with E-state index in [1.807, 2.05) is 0 Å². The minimum Gasteiger partial charge on any atom is -0.396 e. The van der Waals surface area contributed by atoms with E-state index in [1.165, 1.54) is 32.1 Å². The summed E-state index contributed by atoms with van der Waals surface area (Å²) in [5, 5.41) is 9.88. The van der Waals surface area contributed by atoms with Crippen LogP contribution in [-0.4, -0.2) is 61.8 Å². The molecule has 3 heteroatoms. The predicted octanol–water partition coefficient (Wildman–Crippen LogP) is 2.45. The lowest BCUT2D eigenvalue weighted by Gasteiger charge is -2.42. The summed E-state index contributed by atoms with van der Waals surface area (Å²) in [4.78, 5) is 4.79. The van der Waals surface area contributed by atoms with Crippen LogP contribution in [0.1, 0.15) is 46.0 Å². The van der Waals surface area contributed by atoms with E-state index in [0.717, 1.165) is 32.1 Å². The van der Waals surface area contributed by atoms with E-state index in [4.69, 9.17) is 0 Å². The zero-order valence-corrected chi connectivity index (χ0v) is 13.5. The Bertz CT molecular complexity index is 245. The van der Waals surface area contributed by atoms with E-state index in [-0.39, 0.29) is 5.41 Å². The van der Waals surface area contributed by atoms with Crippen LogP contribution in [0.4, 0.5) is 0 Å². The smallest absolute Gasteiger partial charge is 0.0499 e. The Balaban J connectivity index is 2.46. The minimum absolute atomic E-state index is 0.172. The monoisotopic (exact) mass is 270 g/mol. The molecule has 0 aromatic rings. The third-order valence-corrected chi connectivity index (χ3v) is 4.61. The van der Waals surface area contributed by atoms with Gasteiger partial charge in [-0.15, -0.1) is 0 Å². The lowest BCUT2D eigenvalue weighted by Crippen LogP contribution is -2.43. The van der Waals surface area contributed by atoms with Gasteiger partial charge in [0.25, 0.3) is 0 Å². The maximum Gasteiger partial charge on any atom is 0.0499 e. The lowest BCUT2D eigenvalue weighted by molar-refractivity contribution is 0.0246. The van der Waals surface area contributed by atoms with Gasteiger partial charge in [0.1, 0.15) is 0 Å². The second-order valence-corrected chi connectivity index (χ2v) is 6.89. The van der Waals surface area contributed by atoms with Gasteiger partial charge in [0.15, 0.2) is 0 Å². The van der Waals surface area contributed by atoms with Crippen LogP contribution in [0.3, 0.4) is 0 Å². The highest BCUT2D eigenvalue weighted by atomic mass is 16.3. The first kappa shape index (κ1) is 16.9. The first-order valence-corrected chi connectivity index (χ1v) is 7.99. The summed E-state index contributed by atoms with van der Waals surface area (Å²) in [5.41, 5.74) is 0.172. The molecule has 1 saturated carbocycles. The molecule has 1 N–H and O–H groups in total. The van der Waals surface area contributed by atoms with Gasteiger partial charge < -0.3 is 14.9 Å². The Hall–Kier alpha value is -0.120. The predicted molar refractivity (Wildman–Crippen MR) is 82.4 cm³/mol. The van der Waals surface area contributed by atoms with Gasteiger partial charge in [-0.1, -0.05) is 26.7 Å². The van der Waals surface area contributed by atoms with Crippen LogP contribution in [0, 0.1) is 11.3 Å². The average Bonchev–Trinajstić information content (AvgIpc) is 2.37. The minimum atomic E-state index is 0.172. The van der Waals surface area contributed by atoms with Gasteiger partial charge >= 0.3 is 0 Å². The molecular formula is C16H34N2O. The number of aliphatic hydroxyl groups excluding tert-OH is 1. The van der Waals surface area contributed by atoms with Crippen LogP contribution in [0.5, 0.6) is 0 Å². The number of rotatable bonds is 8. The average molecular weight is 270 g/mol. The third-order valence-electron chi connectivity index (χ3n) is 4.61. The number of hydrogen-bond donors (Lipinski definition) is 1. The van der Waals surface area contributed by atoms with E-state index < -0.39 is 0 Å². The van der Waals surface area contributed by atoms with Crippen LogP contribution in [0.2, 0.25) is 0 Å². The molecule has 0 amide bonds. The van der Waals surface area contributed by atoms with E-state index in [2.05, 4.69) is 37.7 Å². The summed E-state index contributed by atoms with van der Waals surface area (Å²) in [6.45, 7) is 9.44. The third kappa shape index (κ3) is 5.80. The van der Waals surface area contributed by atoms with Crippen molar-refractivity contribution >= 4 is 0 Å². The van der Waals surface area contributed by atoms with Crippen molar-refractivity contribution in [3.63, 3.8) is 0 Å².